The molecule has 2 rings (SSSR count). The van der Waals surface area contributed by atoms with Crippen LogP contribution in [-0.2, 0) is 0 Å². The molecule has 0 spiro atoms. The Bertz CT molecular complexity index is 270. The molecular weight excluding hydrogens is 176 g/mol. The molecule has 0 aromatic carbocycles. The summed E-state index contributed by atoms with van der Waals surface area (Å²) in [5, 5.41) is 0. The van der Waals surface area contributed by atoms with Crippen LogP contribution in [0.4, 0.5) is 0 Å². The van der Waals surface area contributed by atoms with Crippen LogP contribution in [-0.4, -0.2) is 17.6 Å². The van der Waals surface area contributed by atoms with E-state index >= 15 is 0 Å². The van der Waals surface area contributed by atoms with Crippen LogP contribution in [0.1, 0.15) is 24.9 Å². The average Bonchev–Trinajstić information content (AvgIpc) is 2.77. The van der Waals surface area contributed by atoms with Crippen molar-refractivity contribution in [2.24, 2.45) is 11.7 Å². The van der Waals surface area contributed by atoms with Crippen molar-refractivity contribution < 1.29 is 0 Å². The highest BCUT2D eigenvalue weighted by atomic mass is 15.4. The molecule has 1 fully saturated rings. The molecule has 1 aliphatic rings. The normalized spacial score (nSPS) is 32.3. The van der Waals surface area contributed by atoms with E-state index in [2.05, 4.69) is 28.8 Å². The molecule has 0 bridgehead atoms. The summed E-state index contributed by atoms with van der Waals surface area (Å²) in [7, 11) is 0. The highest BCUT2D eigenvalue weighted by molar-refractivity contribution is 5.17. The van der Waals surface area contributed by atoms with Crippen LogP contribution in [0.3, 0.4) is 0 Å². The van der Waals surface area contributed by atoms with Crippen LogP contribution in [0.5, 0.6) is 0 Å². The molecule has 4 nitrogen and oxygen atoms in total. The van der Waals surface area contributed by atoms with Crippen LogP contribution in [0.2, 0.25) is 0 Å². The van der Waals surface area contributed by atoms with Gasteiger partial charge in [-0.15, -0.1) is 0 Å². The minimum Gasteiger partial charge on any atom is -0.367 e. The molecule has 1 aromatic heterocycles. The molecule has 1 aromatic rings. The van der Waals surface area contributed by atoms with Crippen molar-refractivity contribution in [2.75, 3.05) is 6.54 Å². The first-order valence-corrected chi connectivity index (χ1v) is 5.16. The zero-order valence-corrected chi connectivity index (χ0v) is 8.46. The first kappa shape index (κ1) is 9.71. The van der Waals surface area contributed by atoms with Gasteiger partial charge in [-0.05, 0) is 37.4 Å². The second kappa shape index (κ2) is 4.13. The maximum absolute atomic E-state index is 5.62. The maximum atomic E-state index is 5.62. The van der Waals surface area contributed by atoms with Crippen molar-refractivity contribution in [1.82, 2.24) is 15.8 Å². The number of aromatic amines is 1. The molecule has 2 heterocycles. The highest BCUT2D eigenvalue weighted by Crippen LogP contribution is 2.30. The molecule has 0 radical (unpaired) electrons. The maximum Gasteiger partial charge on any atom is 0.0521 e. The minimum absolute atomic E-state index is 0.389. The van der Waals surface area contributed by atoms with Gasteiger partial charge in [0.15, 0.2) is 0 Å². The third-order valence-electron chi connectivity index (χ3n) is 3.02. The summed E-state index contributed by atoms with van der Waals surface area (Å²) in [5.41, 5.74) is 13.5. The van der Waals surface area contributed by atoms with Gasteiger partial charge in [-0.3, -0.25) is 5.43 Å². The number of hydrogen-bond acceptors (Lipinski definition) is 3. The number of nitrogens with one attached hydrogen (secondary N) is 3. The van der Waals surface area contributed by atoms with Gasteiger partial charge in [0.2, 0.25) is 0 Å². The Morgan fingerprint density at radius 3 is 2.93 bits per heavy atom. The Balaban J connectivity index is 2.11. The van der Waals surface area contributed by atoms with Gasteiger partial charge in [0.05, 0.1) is 6.04 Å². The number of H-pyrrole nitrogens is 1. The third-order valence-corrected chi connectivity index (χ3v) is 3.02. The monoisotopic (exact) mass is 194 g/mol. The van der Waals surface area contributed by atoms with Crippen molar-refractivity contribution >= 4 is 0 Å². The molecule has 1 aliphatic heterocycles. The van der Waals surface area contributed by atoms with Crippen molar-refractivity contribution in [3.05, 3.63) is 24.0 Å². The molecule has 0 amide bonds. The fraction of sp³-hybridized carbons (Fsp3) is 0.600. The molecule has 0 aliphatic carbocycles. The van der Waals surface area contributed by atoms with Gasteiger partial charge in [-0.25, -0.2) is 5.43 Å². The molecule has 4 heteroatoms. The van der Waals surface area contributed by atoms with Gasteiger partial charge in [0, 0.05) is 18.4 Å². The largest absolute Gasteiger partial charge is 0.367 e. The Kier molecular flexibility index (Phi) is 2.86. The van der Waals surface area contributed by atoms with Gasteiger partial charge in [0.25, 0.3) is 0 Å². The van der Waals surface area contributed by atoms with Crippen LogP contribution in [0.15, 0.2) is 18.5 Å². The molecule has 14 heavy (non-hydrogen) atoms. The van der Waals surface area contributed by atoms with E-state index in [1.165, 1.54) is 5.56 Å². The molecule has 0 saturated carbocycles. The van der Waals surface area contributed by atoms with Gasteiger partial charge >= 0.3 is 0 Å². The predicted molar refractivity (Wildman–Crippen MR) is 56.4 cm³/mol. The number of rotatable bonds is 3. The van der Waals surface area contributed by atoms with E-state index in [9.17, 15) is 0 Å². The van der Waals surface area contributed by atoms with Gasteiger partial charge in [0.1, 0.15) is 0 Å². The zero-order chi connectivity index (χ0) is 9.97. The second-order valence-corrected chi connectivity index (χ2v) is 3.94. The molecule has 5 N–H and O–H groups in total. The zero-order valence-electron chi connectivity index (χ0n) is 8.46. The summed E-state index contributed by atoms with van der Waals surface area (Å²) in [5.74, 6) is 0.579. The summed E-state index contributed by atoms with van der Waals surface area (Å²) >= 11 is 0. The highest BCUT2D eigenvalue weighted by Gasteiger charge is 2.33. The van der Waals surface area contributed by atoms with Crippen LogP contribution in [0, 0.1) is 5.92 Å². The van der Waals surface area contributed by atoms with Crippen LogP contribution >= 0.6 is 0 Å². The van der Waals surface area contributed by atoms with Gasteiger partial charge in [-0.2, -0.15) is 0 Å². The fourth-order valence-corrected chi connectivity index (χ4v) is 2.19. The minimum atomic E-state index is 0.389. The standard InChI is InChI=1S/C10H18N4/c1-7-9(2-4-11)10(14-13-7)8-3-5-12-6-8/h3,5-7,9-10,12-14H,2,4,11H2,1H3. The van der Waals surface area contributed by atoms with E-state index in [1.807, 2.05) is 12.4 Å². The number of nitrogens with two attached hydrogens (primary N) is 1. The van der Waals surface area contributed by atoms with E-state index in [0.29, 0.717) is 18.0 Å². The summed E-state index contributed by atoms with van der Waals surface area (Å²) in [6.07, 6.45) is 5.05. The van der Waals surface area contributed by atoms with Gasteiger partial charge in [-0.1, -0.05) is 0 Å². The summed E-state index contributed by atoms with van der Waals surface area (Å²) < 4.78 is 0. The van der Waals surface area contributed by atoms with Crippen molar-refractivity contribution in [3.8, 4) is 0 Å². The first-order chi connectivity index (χ1) is 6.83. The van der Waals surface area contributed by atoms with Crippen molar-refractivity contribution in [2.45, 2.75) is 25.4 Å². The smallest absolute Gasteiger partial charge is 0.0521 e. The topological polar surface area (TPSA) is 65.9 Å². The van der Waals surface area contributed by atoms with E-state index in [0.717, 1.165) is 13.0 Å². The first-order valence-electron chi connectivity index (χ1n) is 5.16. The Labute approximate surface area is 84.2 Å². The van der Waals surface area contributed by atoms with Crippen molar-refractivity contribution in [1.29, 1.82) is 0 Å². The fourth-order valence-electron chi connectivity index (χ4n) is 2.19. The SMILES string of the molecule is CC1NNC(c2cc[nH]c2)C1CCN. The number of hydrazine groups is 1. The third kappa shape index (κ3) is 1.68. The van der Waals surface area contributed by atoms with E-state index in [1.54, 1.807) is 0 Å². The summed E-state index contributed by atoms with van der Waals surface area (Å²) in [6.45, 7) is 2.94. The number of aromatic nitrogens is 1. The van der Waals surface area contributed by atoms with Crippen LogP contribution in [0.25, 0.3) is 0 Å². The van der Waals surface area contributed by atoms with E-state index in [-0.39, 0.29) is 0 Å². The molecule has 3 atom stereocenters. The predicted octanol–water partition coefficient (Wildman–Crippen LogP) is 0.517. The number of hydrogen-bond donors (Lipinski definition) is 4. The average molecular weight is 194 g/mol. The summed E-state index contributed by atoms with van der Waals surface area (Å²) in [6, 6.07) is 2.99. The lowest BCUT2D eigenvalue weighted by molar-refractivity contribution is 0.410. The van der Waals surface area contributed by atoms with Gasteiger partial charge < -0.3 is 10.7 Å². The summed E-state index contributed by atoms with van der Waals surface area (Å²) in [4.78, 5) is 3.09. The molecule has 78 valence electrons. The second-order valence-electron chi connectivity index (χ2n) is 3.94. The molecule has 1 saturated heterocycles. The lowest BCUT2D eigenvalue weighted by atomic mass is 9.89. The van der Waals surface area contributed by atoms with Crippen LogP contribution < -0.4 is 16.6 Å². The molecule has 3 unspecified atom stereocenters. The Morgan fingerprint density at radius 1 is 1.43 bits per heavy atom. The lowest BCUT2D eigenvalue weighted by Crippen LogP contribution is -2.29. The van der Waals surface area contributed by atoms with Crippen molar-refractivity contribution in [3.63, 3.8) is 0 Å². The Hall–Kier alpha value is -0.840. The Morgan fingerprint density at radius 2 is 2.29 bits per heavy atom. The lowest BCUT2D eigenvalue weighted by Gasteiger charge is -2.19. The van der Waals surface area contributed by atoms with E-state index in [4.69, 9.17) is 5.73 Å². The molecular formula is C10H18N4. The van der Waals surface area contributed by atoms with E-state index < -0.39 is 0 Å². The quantitative estimate of drug-likeness (QED) is 0.567.